The van der Waals surface area contributed by atoms with Crippen molar-refractivity contribution in [2.75, 3.05) is 7.11 Å². The van der Waals surface area contributed by atoms with Crippen LogP contribution in [0.4, 0.5) is 0 Å². The lowest BCUT2D eigenvalue weighted by molar-refractivity contribution is -0.148. The van der Waals surface area contributed by atoms with E-state index in [-0.39, 0.29) is 11.7 Å². The first-order valence-electron chi connectivity index (χ1n) is 7.22. The molecule has 2 rings (SSSR count). The van der Waals surface area contributed by atoms with Crippen molar-refractivity contribution in [1.29, 1.82) is 0 Å². The molecule has 1 fully saturated rings. The van der Waals surface area contributed by atoms with E-state index in [9.17, 15) is 9.90 Å². The van der Waals surface area contributed by atoms with E-state index in [1.54, 1.807) is 24.3 Å². The molecule has 1 unspecified atom stereocenters. The Morgan fingerprint density at radius 1 is 1.25 bits per heavy atom. The number of methoxy groups -OCH3 is 1. The Morgan fingerprint density at radius 3 is 2.40 bits per heavy atom. The summed E-state index contributed by atoms with van der Waals surface area (Å²) in [4.78, 5) is 12.2. The standard InChI is InChI=1S/C16H23NO3/c1-16(15(19)20-2,12-8-10-14(18)11-9-12)17-13-6-4-3-5-7-13/h8-11,13,17-18H,3-7H2,1-2H3. The van der Waals surface area contributed by atoms with Crippen molar-refractivity contribution in [3.8, 4) is 5.75 Å². The highest BCUT2D eigenvalue weighted by Gasteiger charge is 2.38. The number of hydrogen-bond acceptors (Lipinski definition) is 4. The van der Waals surface area contributed by atoms with Crippen LogP contribution in [0.25, 0.3) is 0 Å². The van der Waals surface area contributed by atoms with Crippen molar-refractivity contribution in [2.24, 2.45) is 0 Å². The lowest BCUT2D eigenvalue weighted by Crippen LogP contribution is -2.52. The first-order chi connectivity index (χ1) is 9.56. The second-order valence-corrected chi connectivity index (χ2v) is 5.64. The molecule has 0 radical (unpaired) electrons. The van der Waals surface area contributed by atoms with Crippen LogP contribution in [-0.2, 0) is 15.1 Å². The second kappa shape index (κ2) is 6.27. The lowest BCUT2D eigenvalue weighted by Gasteiger charge is -2.35. The topological polar surface area (TPSA) is 58.6 Å². The van der Waals surface area contributed by atoms with E-state index in [1.165, 1.54) is 26.4 Å². The molecule has 0 amide bonds. The van der Waals surface area contributed by atoms with Crippen molar-refractivity contribution >= 4 is 5.97 Å². The molecule has 0 aliphatic heterocycles. The van der Waals surface area contributed by atoms with Crippen LogP contribution in [0.5, 0.6) is 5.75 Å². The van der Waals surface area contributed by atoms with E-state index in [4.69, 9.17) is 4.74 Å². The fraction of sp³-hybridized carbons (Fsp3) is 0.562. The molecule has 1 aromatic rings. The van der Waals surface area contributed by atoms with E-state index in [0.29, 0.717) is 6.04 Å². The molecule has 0 spiro atoms. The summed E-state index contributed by atoms with van der Waals surface area (Å²) in [5.74, 6) is -0.104. The summed E-state index contributed by atoms with van der Waals surface area (Å²) in [6.07, 6.45) is 5.84. The number of hydrogen-bond donors (Lipinski definition) is 2. The number of esters is 1. The average Bonchev–Trinajstić information content (AvgIpc) is 2.48. The van der Waals surface area contributed by atoms with Gasteiger partial charge in [0.25, 0.3) is 0 Å². The number of nitrogens with one attached hydrogen (secondary N) is 1. The van der Waals surface area contributed by atoms with Crippen LogP contribution in [0.1, 0.15) is 44.6 Å². The van der Waals surface area contributed by atoms with Gasteiger partial charge < -0.3 is 9.84 Å². The number of rotatable bonds is 4. The van der Waals surface area contributed by atoms with E-state index >= 15 is 0 Å². The molecular formula is C16H23NO3. The number of phenolic OH excluding ortho intramolecular Hbond substituents is 1. The van der Waals surface area contributed by atoms with Gasteiger partial charge in [-0.25, -0.2) is 4.79 Å². The first kappa shape index (κ1) is 14.9. The SMILES string of the molecule is COC(=O)C(C)(NC1CCCCC1)c1ccc(O)cc1. The fourth-order valence-electron chi connectivity index (χ4n) is 2.91. The maximum Gasteiger partial charge on any atom is 0.330 e. The largest absolute Gasteiger partial charge is 0.508 e. The van der Waals surface area contributed by atoms with Gasteiger partial charge in [-0.05, 0) is 37.5 Å². The van der Waals surface area contributed by atoms with Gasteiger partial charge in [-0.15, -0.1) is 0 Å². The second-order valence-electron chi connectivity index (χ2n) is 5.64. The maximum absolute atomic E-state index is 12.2. The molecule has 20 heavy (non-hydrogen) atoms. The zero-order valence-corrected chi connectivity index (χ0v) is 12.2. The van der Waals surface area contributed by atoms with E-state index in [1.807, 2.05) is 6.92 Å². The van der Waals surface area contributed by atoms with E-state index in [2.05, 4.69) is 5.32 Å². The molecule has 0 bridgehead atoms. The Kier molecular flexibility index (Phi) is 4.65. The summed E-state index contributed by atoms with van der Waals surface area (Å²) < 4.78 is 4.98. The smallest absolute Gasteiger partial charge is 0.330 e. The highest BCUT2D eigenvalue weighted by atomic mass is 16.5. The van der Waals surface area contributed by atoms with Gasteiger partial charge in [-0.1, -0.05) is 31.4 Å². The third-order valence-electron chi connectivity index (χ3n) is 4.14. The van der Waals surface area contributed by atoms with E-state index < -0.39 is 5.54 Å². The zero-order chi connectivity index (χ0) is 14.6. The molecular weight excluding hydrogens is 254 g/mol. The van der Waals surface area contributed by atoms with Crippen LogP contribution in [0.15, 0.2) is 24.3 Å². The minimum absolute atomic E-state index is 0.193. The van der Waals surface area contributed by atoms with Crippen LogP contribution >= 0.6 is 0 Å². The molecule has 4 nitrogen and oxygen atoms in total. The maximum atomic E-state index is 12.2. The van der Waals surface area contributed by atoms with Gasteiger partial charge in [0.1, 0.15) is 11.3 Å². The Morgan fingerprint density at radius 2 is 1.85 bits per heavy atom. The third-order valence-corrected chi connectivity index (χ3v) is 4.14. The summed E-state index contributed by atoms with van der Waals surface area (Å²) >= 11 is 0. The Bertz CT molecular complexity index is 451. The van der Waals surface area contributed by atoms with Crippen LogP contribution in [-0.4, -0.2) is 24.2 Å². The Hall–Kier alpha value is -1.55. The van der Waals surface area contributed by atoms with Crippen molar-refractivity contribution in [1.82, 2.24) is 5.32 Å². The molecule has 2 N–H and O–H groups in total. The van der Waals surface area contributed by atoms with Gasteiger partial charge in [0.2, 0.25) is 0 Å². The molecule has 110 valence electrons. The summed E-state index contributed by atoms with van der Waals surface area (Å²) in [6.45, 7) is 1.85. The number of phenols is 1. The van der Waals surface area contributed by atoms with Crippen molar-refractivity contribution < 1.29 is 14.6 Å². The molecule has 4 heteroatoms. The molecule has 0 aromatic heterocycles. The average molecular weight is 277 g/mol. The van der Waals surface area contributed by atoms with Crippen LogP contribution < -0.4 is 5.32 Å². The number of carbonyl (C=O) groups excluding carboxylic acids is 1. The van der Waals surface area contributed by atoms with Crippen LogP contribution in [0.3, 0.4) is 0 Å². The quantitative estimate of drug-likeness (QED) is 0.831. The first-order valence-corrected chi connectivity index (χ1v) is 7.22. The number of ether oxygens (including phenoxy) is 1. The number of carbonyl (C=O) groups is 1. The zero-order valence-electron chi connectivity index (χ0n) is 12.2. The highest BCUT2D eigenvalue weighted by Crippen LogP contribution is 2.28. The van der Waals surface area contributed by atoms with Crippen molar-refractivity contribution in [2.45, 2.75) is 50.6 Å². The Balaban J connectivity index is 2.24. The molecule has 1 atom stereocenters. The predicted octanol–water partition coefficient (Wildman–Crippen LogP) is 2.70. The van der Waals surface area contributed by atoms with Gasteiger partial charge in [-0.3, -0.25) is 5.32 Å². The summed E-state index contributed by atoms with van der Waals surface area (Å²) in [5.41, 5.74) is -0.0579. The summed E-state index contributed by atoms with van der Waals surface area (Å²) in [5, 5.41) is 12.9. The molecule has 1 aromatic carbocycles. The Labute approximate surface area is 120 Å². The molecule has 1 aliphatic carbocycles. The summed E-state index contributed by atoms with van der Waals surface area (Å²) in [7, 11) is 1.41. The van der Waals surface area contributed by atoms with E-state index in [0.717, 1.165) is 18.4 Å². The molecule has 1 aliphatic rings. The molecule has 0 heterocycles. The minimum atomic E-state index is -0.871. The van der Waals surface area contributed by atoms with Gasteiger partial charge in [0.15, 0.2) is 0 Å². The van der Waals surface area contributed by atoms with Crippen LogP contribution in [0, 0.1) is 0 Å². The molecule has 1 saturated carbocycles. The van der Waals surface area contributed by atoms with Crippen molar-refractivity contribution in [3.05, 3.63) is 29.8 Å². The number of aromatic hydroxyl groups is 1. The van der Waals surface area contributed by atoms with Gasteiger partial charge in [0, 0.05) is 6.04 Å². The summed E-state index contributed by atoms with van der Waals surface area (Å²) in [6, 6.07) is 7.06. The van der Waals surface area contributed by atoms with Gasteiger partial charge in [0.05, 0.1) is 7.11 Å². The normalized spacial score (nSPS) is 19.3. The van der Waals surface area contributed by atoms with Crippen LogP contribution in [0.2, 0.25) is 0 Å². The lowest BCUT2D eigenvalue weighted by atomic mass is 9.87. The van der Waals surface area contributed by atoms with Gasteiger partial charge >= 0.3 is 5.97 Å². The number of benzene rings is 1. The monoisotopic (exact) mass is 277 g/mol. The van der Waals surface area contributed by atoms with Crippen molar-refractivity contribution in [3.63, 3.8) is 0 Å². The highest BCUT2D eigenvalue weighted by molar-refractivity contribution is 5.82. The third kappa shape index (κ3) is 3.12. The molecule has 0 saturated heterocycles. The van der Waals surface area contributed by atoms with Gasteiger partial charge in [-0.2, -0.15) is 0 Å². The predicted molar refractivity (Wildman–Crippen MR) is 77.5 cm³/mol. The fourth-order valence-corrected chi connectivity index (χ4v) is 2.91. The minimum Gasteiger partial charge on any atom is -0.508 e.